The fraction of sp³-hybridized carbons (Fsp3) is 0.250. The molecule has 94 valence electrons. The molecule has 0 fully saturated rings. The van der Waals surface area contributed by atoms with Gasteiger partial charge in [-0.2, -0.15) is 0 Å². The first-order chi connectivity index (χ1) is 8.65. The van der Waals surface area contributed by atoms with Crippen molar-refractivity contribution in [3.8, 4) is 11.5 Å². The standard InChI is InChI=1S/C12H11FN2O3/c13-9-4-1-3-8(7-9)12-15-14-10(18-12)5-2-6-11(16)17/h1,3-4,7H,2,5-6H2,(H,16,17). The summed E-state index contributed by atoms with van der Waals surface area (Å²) in [6, 6.07) is 5.85. The molecule has 0 spiro atoms. The fourth-order valence-electron chi connectivity index (χ4n) is 1.48. The largest absolute Gasteiger partial charge is 0.481 e. The number of hydrogen-bond acceptors (Lipinski definition) is 4. The molecule has 0 bridgehead atoms. The predicted molar refractivity (Wildman–Crippen MR) is 60.3 cm³/mol. The number of hydrogen-bond donors (Lipinski definition) is 1. The number of aromatic nitrogens is 2. The summed E-state index contributed by atoms with van der Waals surface area (Å²) >= 11 is 0. The lowest BCUT2D eigenvalue weighted by Gasteiger charge is -1.94. The van der Waals surface area contributed by atoms with E-state index in [0.29, 0.717) is 24.3 Å². The Hall–Kier alpha value is -2.24. The zero-order valence-corrected chi connectivity index (χ0v) is 9.47. The molecule has 2 rings (SSSR count). The predicted octanol–water partition coefficient (Wildman–Crippen LogP) is 2.28. The second-order valence-corrected chi connectivity index (χ2v) is 3.76. The monoisotopic (exact) mass is 250 g/mol. The van der Waals surface area contributed by atoms with Gasteiger partial charge in [-0.3, -0.25) is 4.79 Å². The average Bonchev–Trinajstić information content (AvgIpc) is 2.77. The second kappa shape index (κ2) is 5.39. The van der Waals surface area contributed by atoms with E-state index < -0.39 is 5.97 Å². The highest BCUT2D eigenvalue weighted by Crippen LogP contribution is 2.19. The van der Waals surface area contributed by atoms with Gasteiger partial charge in [0.1, 0.15) is 5.82 Å². The first kappa shape index (κ1) is 12.2. The van der Waals surface area contributed by atoms with E-state index in [9.17, 15) is 9.18 Å². The van der Waals surface area contributed by atoms with Crippen molar-refractivity contribution in [2.24, 2.45) is 0 Å². The zero-order valence-electron chi connectivity index (χ0n) is 9.47. The maximum Gasteiger partial charge on any atom is 0.303 e. The van der Waals surface area contributed by atoms with Crippen LogP contribution >= 0.6 is 0 Å². The van der Waals surface area contributed by atoms with Crippen LogP contribution in [0, 0.1) is 5.82 Å². The number of rotatable bonds is 5. The molecule has 0 amide bonds. The number of nitrogens with zero attached hydrogens (tertiary/aromatic N) is 2. The number of carboxylic acids is 1. The Morgan fingerprint density at radius 3 is 2.94 bits per heavy atom. The van der Waals surface area contributed by atoms with Crippen molar-refractivity contribution in [1.82, 2.24) is 10.2 Å². The summed E-state index contributed by atoms with van der Waals surface area (Å²) in [6.45, 7) is 0. The molecule has 0 atom stereocenters. The third-order valence-corrected chi connectivity index (χ3v) is 2.32. The van der Waals surface area contributed by atoms with Gasteiger partial charge >= 0.3 is 5.97 Å². The molecule has 1 heterocycles. The lowest BCUT2D eigenvalue weighted by molar-refractivity contribution is -0.137. The van der Waals surface area contributed by atoms with Crippen molar-refractivity contribution in [2.45, 2.75) is 19.3 Å². The Bertz CT molecular complexity index is 554. The van der Waals surface area contributed by atoms with Crippen LogP contribution in [0.1, 0.15) is 18.7 Å². The Morgan fingerprint density at radius 1 is 1.39 bits per heavy atom. The molecule has 2 aromatic rings. The van der Waals surface area contributed by atoms with E-state index in [2.05, 4.69) is 10.2 Å². The first-order valence-electron chi connectivity index (χ1n) is 5.45. The Kier molecular flexibility index (Phi) is 3.66. The Balaban J connectivity index is 2.04. The van der Waals surface area contributed by atoms with Crippen LogP contribution in [0.4, 0.5) is 4.39 Å². The average molecular weight is 250 g/mol. The lowest BCUT2D eigenvalue weighted by atomic mass is 10.2. The van der Waals surface area contributed by atoms with Gasteiger partial charge in [-0.15, -0.1) is 10.2 Å². The van der Waals surface area contributed by atoms with Crippen molar-refractivity contribution in [3.05, 3.63) is 36.0 Å². The molecule has 0 saturated heterocycles. The molecule has 1 N–H and O–H groups in total. The van der Waals surface area contributed by atoms with Crippen LogP contribution in [0.5, 0.6) is 0 Å². The number of carboxylic acid groups (broad SMARTS) is 1. The van der Waals surface area contributed by atoms with Gasteiger partial charge in [-0.1, -0.05) is 6.07 Å². The quantitative estimate of drug-likeness (QED) is 0.880. The Morgan fingerprint density at radius 2 is 2.22 bits per heavy atom. The van der Waals surface area contributed by atoms with Gasteiger partial charge in [0, 0.05) is 18.4 Å². The molecular formula is C12H11FN2O3. The molecule has 18 heavy (non-hydrogen) atoms. The molecule has 1 aromatic heterocycles. The molecule has 6 heteroatoms. The van der Waals surface area contributed by atoms with Gasteiger partial charge in [0.05, 0.1) is 0 Å². The molecule has 5 nitrogen and oxygen atoms in total. The van der Waals surface area contributed by atoms with Crippen LogP contribution in [0.3, 0.4) is 0 Å². The van der Waals surface area contributed by atoms with E-state index in [1.165, 1.54) is 12.1 Å². The molecule has 0 aliphatic carbocycles. The fourth-order valence-corrected chi connectivity index (χ4v) is 1.48. The maximum absolute atomic E-state index is 13.0. The van der Waals surface area contributed by atoms with E-state index >= 15 is 0 Å². The molecular weight excluding hydrogens is 239 g/mol. The molecule has 0 aliphatic heterocycles. The van der Waals surface area contributed by atoms with Gasteiger partial charge in [0.15, 0.2) is 0 Å². The Labute approximate surface area is 102 Å². The highest BCUT2D eigenvalue weighted by molar-refractivity contribution is 5.66. The van der Waals surface area contributed by atoms with Crippen LogP contribution in [0.2, 0.25) is 0 Å². The van der Waals surface area contributed by atoms with Crippen molar-refractivity contribution in [2.75, 3.05) is 0 Å². The minimum atomic E-state index is -0.861. The molecule has 0 aliphatic rings. The van der Waals surface area contributed by atoms with Crippen molar-refractivity contribution >= 4 is 5.97 Å². The van der Waals surface area contributed by atoms with Crippen molar-refractivity contribution in [1.29, 1.82) is 0 Å². The van der Waals surface area contributed by atoms with Gasteiger partial charge in [-0.05, 0) is 24.6 Å². The number of halogens is 1. The van der Waals surface area contributed by atoms with Crippen molar-refractivity contribution < 1.29 is 18.7 Å². The molecule has 0 radical (unpaired) electrons. The summed E-state index contributed by atoms with van der Waals surface area (Å²) in [6.07, 6.45) is 0.881. The highest BCUT2D eigenvalue weighted by atomic mass is 19.1. The first-order valence-corrected chi connectivity index (χ1v) is 5.45. The van der Waals surface area contributed by atoms with Crippen molar-refractivity contribution in [3.63, 3.8) is 0 Å². The topological polar surface area (TPSA) is 76.2 Å². The summed E-state index contributed by atoms with van der Waals surface area (Å²) in [7, 11) is 0. The van der Waals surface area contributed by atoms with Gasteiger partial charge in [0.2, 0.25) is 11.8 Å². The van der Waals surface area contributed by atoms with E-state index in [4.69, 9.17) is 9.52 Å². The minimum absolute atomic E-state index is 0.0533. The minimum Gasteiger partial charge on any atom is -0.481 e. The summed E-state index contributed by atoms with van der Waals surface area (Å²) < 4.78 is 18.3. The van der Waals surface area contributed by atoms with Crippen LogP contribution in [-0.4, -0.2) is 21.3 Å². The normalized spacial score (nSPS) is 10.5. The molecule has 0 saturated carbocycles. The van der Waals surface area contributed by atoms with Crippen LogP contribution in [0.25, 0.3) is 11.5 Å². The number of aryl methyl sites for hydroxylation is 1. The number of benzene rings is 1. The van der Waals surface area contributed by atoms with Crippen LogP contribution in [0.15, 0.2) is 28.7 Å². The highest BCUT2D eigenvalue weighted by Gasteiger charge is 2.09. The maximum atomic E-state index is 13.0. The van der Waals surface area contributed by atoms with E-state index in [0.717, 1.165) is 0 Å². The molecule has 1 aromatic carbocycles. The number of aliphatic carboxylic acids is 1. The van der Waals surface area contributed by atoms with E-state index in [1.54, 1.807) is 12.1 Å². The number of carbonyl (C=O) groups is 1. The smallest absolute Gasteiger partial charge is 0.303 e. The summed E-state index contributed by atoms with van der Waals surface area (Å²) in [5.74, 6) is -0.645. The van der Waals surface area contributed by atoms with Gasteiger partial charge in [-0.25, -0.2) is 4.39 Å². The zero-order chi connectivity index (χ0) is 13.0. The van der Waals surface area contributed by atoms with Gasteiger partial charge < -0.3 is 9.52 Å². The van der Waals surface area contributed by atoms with Gasteiger partial charge in [0.25, 0.3) is 0 Å². The third-order valence-electron chi connectivity index (χ3n) is 2.32. The van der Waals surface area contributed by atoms with E-state index in [-0.39, 0.29) is 18.1 Å². The summed E-state index contributed by atoms with van der Waals surface area (Å²) in [5, 5.41) is 16.1. The summed E-state index contributed by atoms with van der Waals surface area (Å²) in [5.41, 5.74) is 0.506. The summed E-state index contributed by atoms with van der Waals surface area (Å²) in [4.78, 5) is 10.3. The second-order valence-electron chi connectivity index (χ2n) is 3.76. The van der Waals surface area contributed by atoms with Crippen LogP contribution < -0.4 is 0 Å². The van der Waals surface area contributed by atoms with Crippen LogP contribution in [-0.2, 0) is 11.2 Å². The third kappa shape index (κ3) is 3.13. The molecule has 0 unspecified atom stereocenters. The SMILES string of the molecule is O=C(O)CCCc1nnc(-c2cccc(F)c2)o1. The van der Waals surface area contributed by atoms with E-state index in [1.807, 2.05) is 0 Å². The lowest BCUT2D eigenvalue weighted by Crippen LogP contribution is -1.95.